The Kier molecular flexibility index (Phi) is 2.95. The normalized spacial score (nSPS) is 18.0. The van der Waals surface area contributed by atoms with Crippen molar-refractivity contribution >= 4 is 0 Å². The van der Waals surface area contributed by atoms with Gasteiger partial charge in [-0.3, -0.25) is 9.13 Å². The van der Waals surface area contributed by atoms with Crippen LogP contribution in [0.4, 0.5) is 0 Å². The Labute approximate surface area is 89.1 Å². The van der Waals surface area contributed by atoms with Crippen LogP contribution in [0.1, 0.15) is 38.6 Å². The summed E-state index contributed by atoms with van der Waals surface area (Å²) in [7, 11) is 0. The molecule has 1 aromatic rings. The lowest BCUT2D eigenvalue weighted by Crippen LogP contribution is -2.23. The van der Waals surface area contributed by atoms with E-state index >= 15 is 0 Å². The van der Waals surface area contributed by atoms with Crippen LogP contribution in [-0.2, 0) is 6.54 Å². The number of imidazole rings is 1. The van der Waals surface area contributed by atoms with Crippen LogP contribution in [0.2, 0.25) is 0 Å². The lowest BCUT2D eigenvalue weighted by atomic mass is 10.2. The predicted octanol–water partition coefficient (Wildman–Crippen LogP) is 1.15. The van der Waals surface area contributed by atoms with Gasteiger partial charge in [-0.1, -0.05) is 0 Å². The summed E-state index contributed by atoms with van der Waals surface area (Å²) in [5.74, 6) is 0. The Morgan fingerprint density at radius 3 is 2.87 bits per heavy atom. The molecular weight excluding hydrogens is 192 g/mol. The first-order valence-electron chi connectivity index (χ1n) is 5.64. The molecule has 1 saturated carbocycles. The van der Waals surface area contributed by atoms with Crippen molar-refractivity contribution < 1.29 is 5.11 Å². The summed E-state index contributed by atoms with van der Waals surface area (Å²) < 4.78 is 3.56. The third-order valence-corrected chi connectivity index (χ3v) is 2.83. The standard InChI is InChI=1S/C11H18N2O2/c1-9(14)3-2-6-12-7-8-13(11(12)15)10-4-5-10/h7-10,14H,2-6H2,1H3. The number of nitrogens with zero attached hydrogens (tertiary/aromatic N) is 2. The van der Waals surface area contributed by atoms with Gasteiger partial charge in [-0.25, -0.2) is 4.79 Å². The molecule has 84 valence electrons. The highest BCUT2D eigenvalue weighted by molar-refractivity contribution is 4.91. The van der Waals surface area contributed by atoms with E-state index in [1.54, 1.807) is 11.5 Å². The fraction of sp³-hybridized carbons (Fsp3) is 0.727. The molecule has 0 saturated heterocycles. The van der Waals surface area contributed by atoms with E-state index < -0.39 is 0 Å². The molecule has 1 aromatic heterocycles. The number of aliphatic hydroxyl groups excluding tert-OH is 1. The van der Waals surface area contributed by atoms with Gasteiger partial charge in [-0.15, -0.1) is 0 Å². The molecule has 0 radical (unpaired) electrons. The van der Waals surface area contributed by atoms with Gasteiger partial charge in [0, 0.05) is 25.0 Å². The van der Waals surface area contributed by atoms with Gasteiger partial charge >= 0.3 is 5.69 Å². The molecule has 0 amide bonds. The molecule has 15 heavy (non-hydrogen) atoms. The Hall–Kier alpha value is -1.03. The molecule has 0 spiro atoms. The first kappa shape index (κ1) is 10.5. The highest BCUT2D eigenvalue weighted by Gasteiger charge is 2.25. The van der Waals surface area contributed by atoms with Crippen molar-refractivity contribution in [2.24, 2.45) is 0 Å². The van der Waals surface area contributed by atoms with Gasteiger partial charge in [0.05, 0.1) is 6.10 Å². The maximum absolute atomic E-state index is 11.8. The second-order valence-electron chi connectivity index (χ2n) is 4.40. The van der Waals surface area contributed by atoms with Crippen molar-refractivity contribution in [3.63, 3.8) is 0 Å². The van der Waals surface area contributed by atoms with Crippen LogP contribution in [0, 0.1) is 0 Å². The molecule has 1 unspecified atom stereocenters. The van der Waals surface area contributed by atoms with Crippen LogP contribution < -0.4 is 5.69 Å². The number of aliphatic hydroxyl groups is 1. The number of hydrogen-bond donors (Lipinski definition) is 1. The summed E-state index contributed by atoms with van der Waals surface area (Å²) in [6, 6.07) is 0.454. The quantitative estimate of drug-likeness (QED) is 0.792. The van der Waals surface area contributed by atoms with Crippen LogP contribution in [0.5, 0.6) is 0 Å². The van der Waals surface area contributed by atoms with Gasteiger partial charge in [0.15, 0.2) is 0 Å². The van der Waals surface area contributed by atoms with Gasteiger partial charge in [0.1, 0.15) is 0 Å². The molecule has 0 aliphatic heterocycles. The number of aryl methyl sites for hydroxylation is 1. The Morgan fingerprint density at radius 2 is 2.27 bits per heavy atom. The van der Waals surface area contributed by atoms with Crippen molar-refractivity contribution in [2.45, 2.75) is 51.3 Å². The second-order valence-corrected chi connectivity index (χ2v) is 4.40. The van der Waals surface area contributed by atoms with E-state index in [4.69, 9.17) is 5.11 Å². The summed E-state index contributed by atoms with van der Waals surface area (Å²) in [6.07, 6.45) is 7.33. The highest BCUT2D eigenvalue weighted by atomic mass is 16.3. The average Bonchev–Trinajstić information content (AvgIpc) is 2.94. The Bertz CT molecular complexity index is 374. The molecule has 1 aliphatic rings. The zero-order chi connectivity index (χ0) is 10.8. The zero-order valence-corrected chi connectivity index (χ0v) is 9.09. The van der Waals surface area contributed by atoms with E-state index in [2.05, 4.69) is 0 Å². The second kappa shape index (κ2) is 4.23. The lowest BCUT2D eigenvalue weighted by Gasteiger charge is -2.04. The first-order chi connectivity index (χ1) is 7.18. The van der Waals surface area contributed by atoms with E-state index in [1.807, 2.05) is 17.0 Å². The lowest BCUT2D eigenvalue weighted by molar-refractivity contribution is 0.179. The van der Waals surface area contributed by atoms with E-state index in [0.29, 0.717) is 12.6 Å². The summed E-state index contributed by atoms with van der Waals surface area (Å²) in [5.41, 5.74) is 0.100. The number of aromatic nitrogens is 2. The molecule has 4 nitrogen and oxygen atoms in total. The van der Waals surface area contributed by atoms with E-state index in [0.717, 1.165) is 25.7 Å². The van der Waals surface area contributed by atoms with Gasteiger partial charge in [0.25, 0.3) is 0 Å². The minimum Gasteiger partial charge on any atom is -0.393 e. The van der Waals surface area contributed by atoms with Crippen LogP contribution in [-0.4, -0.2) is 20.3 Å². The highest BCUT2D eigenvalue weighted by Crippen LogP contribution is 2.33. The third-order valence-electron chi connectivity index (χ3n) is 2.83. The van der Waals surface area contributed by atoms with E-state index in [-0.39, 0.29) is 11.8 Å². The van der Waals surface area contributed by atoms with Gasteiger partial charge in [-0.2, -0.15) is 0 Å². The molecule has 1 heterocycles. The maximum Gasteiger partial charge on any atom is 0.328 e. The van der Waals surface area contributed by atoms with E-state index in [1.165, 1.54) is 0 Å². The van der Waals surface area contributed by atoms with Crippen molar-refractivity contribution in [2.75, 3.05) is 0 Å². The molecule has 1 aliphatic carbocycles. The molecule has 4 heteroatoms. The van der Waals surface area contributed by atoms with Crippen LogP contribution in [0.3, 0.4) is 0 Å². The first-order valence-corrected chi connectivity index (χ1v) is 5.64. The number of hydrogen-bond acceptors (Lipinski definition) is 2. The fourth-order valence-corrected chi connectivity index (χ4v) is 1.79. The molecule has 1 N–H and O–H groups in total. The smallest absolute Gasteiger partial charge is 0.328 e. The van der Waals surface area contributed by atoms with Crippen LogP contribution in [0.15, 0.2) is 17.2 Å². The molecular formula is C11H18N2O2. The van der Waals surface area contributed by atoms with Crippen LogP contribution in [0.25, 0.3) is 0 Å². The van der Waals surface area contributed by atoms with Gasteiger partial charge in [-0.05, 0) is 32.6 Å². The molecule has 0 aromatic carbocycles. The fourth-order valence-electron chi connectivity index (χ4n) is 1.79. The van der Waals surface area contributed by atoms with E-state index in [9.17, 15) is 4.79 Å². The van der Waals surface area contributed by atoms with Crippen LogP contribution >= 0.6 is 0 Å². The average molecular weight is 210 g/mol. The topological polar surface area (TPSA) is 47.2 Å². The van der Waals surface area contributed by atoms with Crippen molar-refractivity contribution in [3.05, 3.63) is 22.9 Å². The molecule has 1 fully saturated rings. The van der Waals surface area contributed by atoms with Gasteiger partial charge < -0.3 is 5.11 Å². The predicted molar refractivity (Wildman–Crippen MR) is 57.9 cm³/mol. The van der Waals surface area contributed by atoms with Crippen molar-refractivity contribution in [1.29, 1.82) is 0 Å². The third kappa shape index (κ3) is 2.50. The minimum absolute atomic E-state index is 0.100. The van der Waals surface area contributed by atoms with Crippen molar-refractivity contribution in [1.82, 2.24) is 9.13 Å². The molecule has 1 atom stereocenters. The summed E-state index contributed by atoms with van der Waals surface area (Å²) in [6.45, 7) is 2.49. The monoisotopic (exact) mass is 210 g/mol. The summed E-state index contributed by atoms with van der Waals surface area (Å²) in [5, 5.41) is 9.11. The molecule has 0 bridgehead atoms. The Balaban J connectivity index is 1.94. The van der Waals surface area contributed by atoms with Gasteiger partial charge in [0.2, 0.25) is 0 Å². The zero-order valence-electron chi connectivity index (χ0n) is 9.09. The number of rotatable bonds is 5. The largest absolute Gasteiger partial charge is 0.393 e. The minimum atomic E-state index is -0.272. The van der Waals surface area contributed by atoms with Crippen molar-refractivity contribution in [3.8, 4) is 0 Å². The Morgan fingerprint density at radius 1 is 1.53 bits per heavy atom. The SMILES string of the molecule is CC(O)CCCn1ccn(C2CC2)c1=O. The maximum atomic E-state index is 11.8. The summed E-state index contributed by atoms with van der Waals surface area (Å²) >= 11 is 0. The molecule has 2 rings (SSSR count). The summed E-state index contributed by atoms with van der Waals surface area (Å²) in [4.78, 5) is 11.8.